The molecule has 3 heterocycles. The lowest BCUT2D eigenvalue weighted by Crippen LogP contribution is -2.44. The van der Waals surface area contributed by atoms with E-state index in [1.807, 2.05) is 24.3 Å². The molecule has 10 nitrogen and oxygen atoms in total. The second kappa shape index (κ2) is 11.3. The fraction of sp³-hybridized carbons (Fsp3) is 0.433. The van der Waals surface area contributed by atoms with Crippen LogP contribution in [0.1, 0.15) is 37.3 Å². The third kappa shape index (κ3) is 4.93. The van der Waals surface area contributed by atoms with Crippen LogP contribution < -0.4 is 14.5 Å². The molecule has 212 valence electrons. The lowest BCUT2D eigenvalue weighted by atomic mass is 9.83. The number of carbonyl (C=O) groups excluding carboxylic acids is 3. The molecule has 2 fully saturated rings. The zero-order valence-electron chi connectivity index (χ0n) is 22.8. The second-order valence-electron chi connectivity index (χ2n) is 10.5. The minimum absolute atomic E-state index is 0.0535. The monoisotopic (exact) mass is 549 g/mol. The van der Waals surface area contributed by atoms with Crippen LogP contribution >= 0.6 is 0 Å². The summed E-state index contributed by atoms with van der Waals surface area (Å²) in [5.74, 6) is -0.672. The molecule has 0 unspecified atom stereocenters. The second-order valence-corrected chi connectivity index (χ2v) is 10.5. The number of amides is 3. The Labute approximate surface area is 233 Å². The molecule has 0 spiro atoms. The number of aliphatic hydroxyl groups excluding tert-OH is 1. The molecular formula is C30H35N3O7. The van der Waals surface area contributed by atoms with Crippen molar-refractivity contribution in [3.63, 3.8) is 0 Å². The summed E-state index contributed by atoms with van der Waals surface area (Å²) < 4.78 is 10.4. The summed E-state index contributed by atoms with van der Waals surface area (Å²) in [6.45, 7) is 3.38. The van der Waals surface area contributed by atoms with Crippen LogP contribution in [0.3, 0.4) is 0 Å². The molecule has 0 radical (unpaired) electrons. The van der Waals surface area contributed by atoms with E-state index in [2.05, 4.69) is 0 Å². The van der Waals surface area contributed by atoms with Crippen molar-refractivity contribution in [2.45, 2.75) is 44.4 Å². The van der Waals surface area contributed by atoms with Crippen molar-refractivity contribution in [3.05, 3.63) is 65.7 Å². The molecule has 3 atom stereocenters. The van der Waals surface area contributed by atoms with Crippen molar-refractivity contribution in [1.82, 2.24) is 4.90 Å². The van der Waals surface area contributed by atoms with Crippen LogP contribution in [-0.4, -0.2) is 72.5 Å². The van der Waals surface area contributed by atoms with Gasteiger partial charge in [0.05, 0.1) is 38.5 Å². The molecule has 0 aromatic heterocycles. The van der Waals surface area contributed by atoms with Crippen molar-refractivity contribution in [3.8, 4) is 5.75 Å². The number of likely N-dealkylation sites (tertiary alicyclic amines) is 1. The van der Waals surface area contributed by atoms with E-state index in [0.29, 0.717) is 42.4 Å². The van der Waals surface area contributed by atoms with Gasteiger partial charge in [-0.15, -0.1) is 0 Å². The predicted molar refractivity (Wildman–Crippen MR) is 148 cm³/mol. The van der Waals surface area contributed by atoms with Crippen LogP contribution in [0.4, 0.5) is 16.2 Å². The largest absolute Gasteiger partial charge is 0.497 e. The number of nitrogens with zero attached hydrogens (tertiary/aromatic N) is 3. The van der Waals surface area contributed by atoms with E-state index in [0.717, 1.165) is 18.4 Å². The highest BCUT2D eigenvalue weighted by Gasteiger charge is 2.52. The van der Waals surface area contributed by atoms with Crippen molar-refractivity contribution in [2.24, 2.45) is 5.92 Å². The maximum Gasteiger partial charge on any atom is 0.414 e. The molecule has 40 heavy (non-hydrogen) atoms. The number of cyclic esters (lactones) is 1. The van der Waals surface area contributed by atoms with Crippen molar-refractivity contribution in [2.75, 3.05) is 43.2 Å². The lowest BCUT2D eigenvalue weighted by Gasteiger charge is -2.28. The molecule has 2 saturated heterocycles. The van der Waals surface area contributed by atoms with E-state index in [-0.39, 0.29) is 37.6 Å². The van der Waals surface area contributed by atoms with Gasteiger partial charge in [0.15, 0.2) is 5.60 Å². The van der Waals surface area contributed by atoms with Gasteiger partial charge in [-0.05, 0) is 48.7 Å². The number of rotatable bonds is 9. The van der Waals surface area contributed by atoms with Crippen LogP contribution in [0, 0.1) is 5.92 Å². The topological polar surface area (TPSA) is 120 Å². The van der Waals surface area contributed by atoms with Gasteiger partial charge in [0.2, 0.25) is 5.91 Å². The fourth-order valence-corrected chi connectivity index (χ4v) is 5.79. The first kappa shape index (κ1) is 27.7. The molecule has 2 aromatic rings. The number of methoxy groups -OCH3 is 1. The van der Waals surface area contributed by atoms with E-state index in [4.69, 9.17) is 9.47 Å². The number of anilines is 2. The zero-order valence-corrected chi connectivity index (χ0v) is 22.8. The SMILES string of the molecule is COc1ccc2c(c1)[C@](O)([C@@H](C)/C=C/CC(=O)N1CCC[C@H]1CO)C(=O)N2Cc1ccc(N2CCOC2=O)cc1. The van der Waals surface area contributed by atoms with Gasteiger partial charge in [-0.3, -0.25) is 14.5 Å². The van der Waals surface area contributed by atoms with Gasteiger partial charge in [0.1, 0.15) is 12.4 Å². The summed E-state index contributed by atoms with van der Waals surface area (Å²) in [5, 5.41) is 21.5. The lowest BCUT2D eigenvalue weighted by molar-refractivity contribution is -0.139. The third-order valence-electron chi connectivity index (χ3n) is 8.11. The highest BCUT2D eigenvalue weighted by Crippen LogP contribution is 2.47. The van der Waals surface area contributed by atoms with Crippen LogP contribution in [0.2, 0.25) is 0 Å². The minimum Gasteiger partial charge on any atom is -0.497 e. The molecular weight excluding hydrogens is 514 g/mol. The van der Waals surface area contributed by atoms with Gasteiger partial charge < -0.3 is 29.5 Å². The van der Waals surface area contributed by atoms with Crippen molar-refractivity contribution >= 4 is 29.3 Å². The van der Waals surface area contributed by atoms with E-state index in [1.165, 1.54) is 7.11 Å². The van der Waals surface area contributed by atoms with Gasteiger partial charge in [-0.2, -0.15) is 0 Å². The quantitative estimate of drug-likeness (QED) is 0.462. The number of hydrogen-bond acceptors (Lipinski definition) is 7. The number of aliphatic hydroxyl groups is 2. The average molecular weight is 550 g/mol. The maximum atomic E-state index is 13.9. The maximum absolute atomic E-state index is 13.9. The summed E-state index contributed by atoms with van der Waals surface area (Å²) >= 11 is 0. The number of fused-ring (bicyclic) bond motifs is 1. The average Bonchev–Trinajstić information content (AvgIpc) is 3.68. The van der Waals surface area contributed by atoms with E-state index < -0.39 is 17.4 Å². The van der Waals surface area contributed by atoms with E-state index in [9.17, 15) is 24.6 Å². The van der Waals surface area contributed by atoms with Gasteiger partial charge in [-0.1, -0.05) is 31.2 Å². The summed E-state index contributed by atoms with van der Waals surface area (Å²) in [6, 6.07) is 12.4. The Bertz CT molecular complexity index is 1310. The summed E-state index contributed by atoms with van der Waals surface area (Å²) in [6.07, 6.45) is 4.79. The molecule has 0 aliphatic carbocycles. The molecule has 0 saturated carbocycles. The first-order chi connectivity index (χ1) is 19.3. The Morgan fingerprint density at radius 2 is 1.98 bits per heavy atom. The Morgan fingerprint density at radius 3 is 2.65 bits per heavy atom. The smallest absolute Gasteiger partial charge is 0.414 e. The predicted octanol–water partition coefficient (Wildman–Crippen LogP) is 2.95. The van der Waals surface area contributed by atoms with Crippen LogP contribution in [0.15, 0.2) is 54.6 Å². The molecule has 0 bridgehead atoms. The van der Waals surface area contributed by atoms with Gasteiger partial charge in [0.25, 0.3) is 5.91 Å². The molecule has 3 amide bonds. The molecule has 3 aliphatic heterocycles. The first-order valence-electron chi connectivity index (χ1n) is 13.6. The van der Waals surface area contributed by atoms with Crippen LogP contribution in [0.25, 0.3) is 0 Å². The normalized spacial score (nSPS) is 23.2. The van der Waals surface area contributed by atoms with Crippen molar-refractivity contribution < 1.29 is 34.1 Å². The molecule has 5 rings (SSSR count). The number of carbonyl (C=O) groups is 3. The summed E-state index contributed by atoms with van der Waals surface area (Å²) in [4.78, 5) is 43.3. The molecule has 10 heteroatoms. The molecule has 2 aromatic carbocycles. The minimum atomic E-state index is -1.86. The van der Waals surface area contributed by atoms with E-state index in [1.54, 1.807) is 52.0 Å². The highest BCUT2D eigenvalue weighted by molar-refractivity contribution is 6.07. The third-order valence-corrected chi connectivity index (χ3v) is 8.11. The van der Waals surface area contributed by atoms with Gasteiger partial charge in [-0.25, -0.2) is 4.79 Å². The Morgan fingerprint density at radius 1 is 1.20 bits per heavy atom. The van der Waals surface area contributed by atoms with Crippen LogP contribution in [0.5, 0.6) is 5.75 Å². The summed E-state index contributed by atoms with van der Waals surface area (Å²) in [7, 11) is 1.53. The summed E-state index contributed by atoms with van der Waals surface area (Å²) in [5.41, 5.74) is 0.710. The Kier molecular flexibility index (Phi) is 7.82. The van der Waals surface area contributed by atoms with E-state index >= 15 is 0 Å². The first-order valence-corrected chi connectivity index (χ1v) is 13.6. The highest BCUT2D eigenvalue weighted by atomic mass is 16.6. The Hall–Kier alpha value is -3.89. The molecule has 2 N–H and O–H groups in total. The Balaban J connectivity index is 1.36. The van der Waals surface area contributed by atoms with Crippen LogP contribution in [-0.2, 0) is 26.5 Å². The number of benzene rings is 2. The zero-order chi connectivity index (χ0) is 28.4. The molecule has 3 aliphatic rings. The van der Waals surface area contributed by atoms with Crippen molar-refractivity contribution in [1.29, 1.82) is 0 Å². The number of hydrogen-bond donors (Lipinski definition) is 2. The standard InChI is InChI=1S/C30H35N3O7/c1-20(5-3-7-27(35)31-14-4-6-23(31)19-34)30(38)25-17-24(39-2)12-13-26(25)33(28(30)36)18-21-8-10-22(11-9-21)32-15-16-40-29(32)37/h3,5,8-13,17,20,23,34,38H,4,6-7,14-16,18-19H2,1-2H3/b5-3+/t20-,23-,30+/m0/s1. The van der Waals surface area contributed by atoms with Gasteiger partial charge in [0, 0.05) is 30.1 Å². The van der Waals surface area contributed by atoms with Gasteiger partial charge >= 0.3 is 6.09 Å². The number of ether oxygens (including phenoxy) is 2. The fourth-order valence-electron chi connectivity index (χ4n) is 5.79.